The van der Waals surface area contributed by atoms with Gasteiger partial charge in [0.15, 0.2) is 19.7 Å². The van der Waals surface area contributed by atoms with E-state index in [4.69, 9.17) is 0 Å². The van der Waals surface area contributed by atoms with Gasteiger partial charge in [-0.3, -0.25) is 0 Å². The van der Waals surface area contributed by atoms with Crippen molar-refractivity contribution in [1.29, 1.82) is 0 Å². The van der Waals surface area contributed by atoms with E-state index >= 15 is 0 Å². The predicted molar refractivity (Wildman–Crippen MR) is 105 cm³/mol. The summed E-state index contributed by atoms with van der Waals surface area (Å²) in [4.78, 5) is 0.304. The minimum Gasteiger partial charge on any atom is -0.393 e. The van der Waals surface area contributed by atoms with E-state index in [1.54, 1.807) is 0 Å². The number of aliphatic hydroxyl groups is 1. The third-order valence-corrected chi connectivity index (χ3v) is 9.08. The van der Waals surface area contributed by atoms with E-state index in [2.05, 4.69) is 0 Å². The second-order valence-electron chi connectivity index (χ2n) is 7.81. The molecule has 2 saturated carbocycles. The Balaban J connectivity index is 1.73. The van der Waals surface area contributed by atoms with Crippen LogP contribution in [-0.2, 0) is 19.7 Å². The SMILES string of the molecule is O=S(=O)(C=C1CCC(O)CC1)c1ccc(S(=O)(=O)CC2CCCCC2)cc1. The topological polar surface area (TPSA) is 88.5 Å². The van der Waals surface area contributed by atoms with Gasteiger partial charge in [-0.15, -0.1) is 0 Å². The summed E-state index contributed by atoms with van der Waals surface area (Å²) in [6.07, 6.45) is 7.23. The first-order valence-electron chi connectivity index (χ1n) is 9.72. The third-order valence-electron chi connectivity index (χ3n) is 5.61. The highest BCUT2D eigenvalue weighted by molar-refractivity contribution is 7.94. The first-order chi connectivity index (χ1) is 12.8. The summed E-state index contributed by atoms with van der Waals surface area (Å²) in [5.74, 6) is 0.351. The molecule has 0 amide bonds. The molecule has 5 nitrogen and oxygen atoms in total. The summed E-state index contributed by atoms with van der Waals surface area (Å²) in [6, 6.07) is 5.60. The van der Waals surface area contributed by atoms with Gasteiger partial charge in [-0.2, -0.15) is 0 Å². The summed E-state index contributed by atoms with van der Waals surface area (Å²) in [6.45, 7) is 0. The molecule has 27 heavy (non-hydrogen) atoms. The largest absolute Gasteiger partial charge is 0.393 e. The Kier molecular flexibility index (Phi) is 6.43. The van der Waals surface area contributed by atoms with Crippen LogP contribution in [0.25, 0.3) is 0 Å². The van der Waals surface area contributed by atoms with Crippen molar-refractivity contribution in [3.05, 3.63) is 35.2 Å². The molecule has 1 aromatic rings. The van der Waals surface area contributed by atoms with Gasteiger partial charge in [-0.05, 0) is 68.7 Å². The Morgan fingerprint density at radius 1 is 0.852 bits per heavy atom. The maximum absolute atomic E-state index is 12.6. The Labute approximate surface area is 162 Å². The quantitative estimate of drug-likeness (QED) is 0.798. The Hall–Kier alpha value is -1.18. The van der Waals surface area contributed by atoms with Crippen molar-refractivity contribution in [2.24, 2.45) is 5.92 Å². The molecule has 2 aliphatic rings. The Morgan fingerprint density at radius 2 is 1.41 bits per heavy atom. The van der Waals surface area contributed by atoms with E-state index < -0.39 is 19.7 Å². The van der Waals surface area contributed by atoms with Crippen molar-refractivity contribution >= 4 is 19.7 Å². The van der Waals surface area contributed by atoms with Gasteiger partial charge in [-0.25, -0.2) is 16.8 Å². The second-order valence-corrected chi connectivity index (χ2v) is 11.6. The summed E-state index contributed by atoms with van der Waals surface area (Å²) in [5.41, 5.74) is 0.814. The first-order valence-corrected chi connectivity index (χ1v) is 12.9. The number of sulfone groups is 2. The maximum Gasteiger partial charge on any atom is 0.199 e. The van der Waals surface area contributed by atoms with Crippen molar-refractivity contribution in [1.82, 2.24) is 0 Å². The molecule has 0 radical (unpaired) electrons. The monoisotopic (exact) mass is 412 g/mol. The van der Waals surface area contributed by atoms with E-state index in [-0.39, 0.29) is 27.6 Å². The molecular formula is C20H28O5S2. The molecule has 7 heteroatoms. The van der Waals surface area contributed by atoms with E-state index in [9.17, 15) is 21.9 Å². The highest BCUT2D eigenvalue weighted by Crippen LogP contribution is 2.29. The zero-order valence-electron chi connectivity index (χ0n) is 15.5. The van der Waals surface area contributed by atoms with Crippen molar-refractivity contribution in [3.8, 4) is 0 Å². The molecule has 1 aromatic carbocycles. The summed E-state index contributed by atoms with van der Waals surface area (Å²) < 4.78 is 50.4. The molecule has 0 spiro atoms. The molecule has 1 N–H and O–H groups in total. The van der Waals surface area contributed by atoms with Crippen LogP contribution in [0, 0.1) is 5.92 Å². The molecule has 0 unspecified atom stereocenters. The van der Waals surface area contributed by atoms with E-state index in [1.807, 2.05) is 0 Å². The van der Waals surface area contributed by atoms with Crippen LogP contribution in [0.15, 0.2) is 45.0 Å². The highest BCUT2D eigenvalue weighted by Gasteiger charge is 2.24. The summed E-state index contributed by atoms with van der Waals surface area (Å²) in [5, 5.41) is 10.8. The van der Waals surface area contributed by atoms with Gasteiger partial charge in [0.25, 0.3) is 0 Å². The van der Waals surface area contributed by atoms with Gasteiger partial charge in [0.1, 0.15) is 0 Å². The number of hydrogen-bond donors (Lipinski definition) is 1. The van der Waals surface area contributed by atoms with Crippen LogP contribution in [-0.4, -0.2) is 33.8 Å². The second kappa shape index (κ2) is 8.45. The molecular weight excluding hydrogens is 384 g/mol. The van der Waals surface area contributed by atoms with Gasteiger partial charge in [-0.1, -0.05) is 24.8 Å². The fraction of sp³-hybridized carbons (Fsp3) is 0.600. The van der Waals surface area contributed by atoms with Crippen LogP contribution in [0.5, 0.6) is 0 Å². The maximum atomic E-state index is 12.6. The Bertz CT molecular complexity index is 867. The minimum absolute atomic E-state index is 0.109. The number of aliphatic hydroxyl groups excluding tert-OH is 1. The van der Waals surface area contributed by atoms with Gasteiger partial charge in [0.05, 0.1) is 21.6 Å². The lowest BCUT2D eigenvalue weighted by atomic mass is 9.91. The molecule has 0 saturated heterocycles. The van der Waals surface area contributed by atoms with Gasteiger partial charge >= 0.3 is 0 Å². The van der Waals surface area contributed by atoms with Gasteiger partial charge < -0.3 is 5.11 Å². The lowest BCUT2D eigenvalue weighted by Crippen LogP contribution is -2.19. The zero-order valence-corrected chi connectivity index (χ0v) is 17.1. The normalized spacial score (nSPS) is 22.6. The van der Waals surface area contributed by atoms with Crippen LogP contribution in [0.3, 0.4) is 0 Å². The molecule has 0 bridgehead atoms. The van der Waals surface area contributed by atoms with Crippen LogP contribution in [0.1, 0.15) is 57.8 Å². The standard InChI is InChI=1S/C20H28O5S2/c21-18-8-6-17(7-9-18)15-27(24,25)20-12-10-19(11-13-20)26(22,23)14-16-4-2-1-3-5-16/h10-13,15-16,18,21H,1-9,14H2. The fourth-order valence-electron chi connectivity index (χ4n) is 3.98. The van der Waals surface area contributed by atoms with Crippen molar-refractivity contribution < 1.29 is 21.9 Å². The van der Waals surface area contributed by atoms with Crippen LogP contribution >= 0.6 is 0 Å². The first kappa shape index (κ1) is 20.6. The molecule has 2 fully saturated rings. The van der Waals surface area contributed by atoms with Crippen molar-refractivity contribution in [2.75, 3.05) is 5.75 Å². The average molecular weight is 413 g/mol. The highest BCUT2D eigenvalue weighted by atomic mass is 32.2. The van der Waals surface area contributed by atoms with Crippen molar-refractivity contribution in [2.45, 2.75) is 73.7 Å². The predicted octanol–water partition coefficient (Wildman–Crippen LogP) is 3.63. The van der Waals surface area contributed by atoms with Crippen LogP contribution in [0.2, 0.25) is 0 Å². The number of allylic oxidation sites excluding steroid dienone is 1. The van der Waals surface area contributed by atoms with Crippen molar-refractivity contribution in [3.63, 3.8) is 0 Å². The lowest BCUT2D eigenvalue weighted by Gasteiger charge is -2.21. The molecule has 3 rings (SSSR count). The van der Waals surface area contributed by atoms with E-state index in [0.717, 1.165) is 31.3 Å². The fourth-order valence-corrected chi connectivity index (χ4v) is 7.00. The summed E-state index contributed by atoms with van der Waals surface area (Å²) in [7, 11) is -7.00. The lowest BCUT2D eigenvalue weighted by molar-refractivity contribution is 0.143. The van der Waals surface area contributed by atoms with Crippen LogP contribution < -0.4 is 0 Å². The molecule has 0 heterocycles. The van der Waals surface area contributed by atoms with Gasteiger partial charge in [0.2, 0.25) is 0 Å². The average Bonchev–Trinajstić information content (AvgIpc) is 2.64. The molecule has 0 aromatic heterocycles. The molecule has 2 aliphatic carbocycles. The molecule has 0 atom stereocenters. The number of rotatable bonds is 5. The minimum atomic E-state index is -3.61. The smallest absolute Gasteiger partial charge is 0.199 e. The van der Waals surface area contributed by atoms with Crippen LogP contribution in [0.4, 0.5) is 0 Å². The van der Waals surface area contributed by atoms with E-state index in [0.29, 0.717) is 25.7 Å². The van der Waals surface area contributed by atoms with E-state index in [1.165, 1.54) is 36.1 Å². The molecule has 0 aliphatic heterocycles. The molecule has 150 valence electrons. The summed E-state index contributed by atoms with van der Waals surface area (Å²) >= 11 is 0. The Morgan fingerprint density at radius 3 is 2.00 bits per heavy atom. The number of hydrogen-bond acceptors (Lipinski definition) is 5. The number of benzene rings is 1. The van der Waals surface area contributed by atoms with Gasteiger partial charge in [0, 0.05) is 5.41 Å². The zero-order chi connectivity index (χ0) is 19.5. The third kappa shape index (κ3) is 5.42.